The van der Waals surface area contributed by atoms with E-state index < -0.39 is 12.0 Å². The van der Waals surface area contributed by atoms with Gasteiger partial charge in [0, 0.05) is 18.5 Å². The lowest BCUT2D eigenvalue weighted by Crippen LogP contribution is -2.40. The lowest BCUT2D eigenvalue weighted by atomic mass is 9.82. The Hall–Kier alpha value is -4.82. The molecule has 6 rings (SSSR count). The molecule has 1 N–H and O–H groups in total. The predicted octanol–water partition coefficient (Wildman–Crippen LogP) is 6.27. The summed E-state index contributed by atoms with van der Waals surface area (Å²) in [4.78, 5) is 30.0. The second-order valence-electron chi connectivity index (χ2n) is 11.9. The average molecular weight is 621 g/mol. The maximum atomic E-state index is 14.1. The van der Waals surface area contributed by atoms with E-state index >= 15 is 0 Å². The summed E-state index contributed by atoms with van der Waals surface area (Å²) in [6.45, 7) is 6.91. The summed E-state index contributed by atoms with van der Waals surface area (Å²) in [5.41, 5.74) is 6.12. The molecule has 0 aliphatic carbocycles. The zero-order valence-electron chi connectivity index (χ0n) is 26.7. The number of methoxy groups -OCH3 is 1. The Bertz CT molecular complexity index is 1660. The van der Waals surface area contributed by atoms with Gasteiger partial charge in [0.05, 0.1) is 32.2 Å². The summed E-state index contributed by atoms with van der Waals surface area (Å²) in [5.74, 6) is 0.787. The van der Waals surface area contributed by atoms with Crippen molar-refractivity contribution in [2.75, 3.05) is 33.6 Å². The van der Waals surface area contributed by atoms with Gasteiger partial charge in [0.1, 0.15) is 5.75 Å². The topological polar surface area (TPSA) is 86.3 Å². The first-order valence-electron chi connectivity index (χ1n) is 15.7. The first-order chi connectivity index (χ1) is 22.4. The molecule has 0 radical (unpaired) electrons. The quantitative estimate of drug-likeness (QED) is 0.209. The number of aryl methyl sites for hydroxylation is 2. The number of fused-ring (bicyclic) bond motifs is 1. The number of benzene rings is 4. The van der Waals surface area contributed by atoms with Crippen LogP contribution in [-0.4, -0.2) is 50.4 Å². The summed E-state index contributed by atoms with van der Waals surface area (Å²) < 4.78 is 22.3. The molecule has 0 aromatic heterocycles. The number of rotatable bonds is 10. The summed E-state index contributed by atoms with van der Waals surface area (Å²) in [7, 11) is 1.62. The van der Waals surface area contributed by atoms with Crippen molar-refractivity contribution in [3.8, 4) is 17.2 Å². The minimum atomic E-state index is -0.565. The molecule has 1 amide bonds. The molecule has 1 saturated heterocycles. The summed E-state index contributed by atoms with van der Waals surface area (Å²) in [5, 5.41) is 3.35. The number of likely N-dealkylation sites (tertiary alicyclic amines) is 1. The van der Waals surface area contributed by atoms with Crippen LogP contribution in [0, 0.1) is 19.8 Å². The number of esters is 1. The van der Waals surface area contributed by atoms with Crippen LogP contribution in [0.1, 0.15) is 58.3 Å². The number of amides is 1. The minimum absolute atomic E-state index is 0.0852. The standard InChI is InChI=1S/C38H40N2O6/c1-5-44-38(42)35-31(27-16-19-32-33(20-27)46-23-45-32)21-40(37(35)26-14-17-28(43-4)18-15-26)22-34(41)39-36(29-12-8-6-10-24(29)2)30-13-9-7-11-25(30)3/h6-20,31,35-37H,5,21-23H2,1-4H3,(H,39,41). The van der Waals surface area contributed by atoms with Gasteiger partial charge < -0.3 is 24.3 Å². The van der Waals surface area contributed by atoms with Gasteiger partial charge in [-0.25, -0.2) is 0 Å². The van der Waals surface area contributed by atoms with Gasteiger partial charge in [-0.05, 0) is 78.4 Å². The van der Waals surface area contributed by atoms with E-state index in [9.17, 15) is 9.59 Å². The third-order valence-electron chi connectivity index (χ3n) is 9.09. The molecule has 46 heavy (non-hydrogen) atoms. The van der Waals surface area contributed by atoms with Crippen molar-refractivity contribution in [3.63, 3.8) is 0 Å². The molecule has 2 aliphatic rings. The molecular weight excluding hydrogens is 580 g/mol. The van der Waals surface area contributed by atoms with Crippen molar-refractivity contribution >= 4 is 11.9 Å². The van der Waals surface area contributed by atoms with Gasteiger partial charge in [0.2, 0.25) is 12.7 Å². The fourth-order valence-corrected chi connectivity index (χ4v) is 6.83. The molecule has 8 nitrogen and oxygen atoms in total. The summed E-state index contributed by atoms with van der Waals surface area (Å²) in [6.07, 6.45) is 0. The number of nitrogens with zero attached hydrogens (tertiary/aromatic N) is 1. The van der Waals surface area contributed by atoms with Crippen molar-refractivity contribution in [1.82, 2.24) is 10.2 Å². The van der Waals surface area contributed by atoms with E-state index in [0.717, 1.165) is 33.4 Å². The average Bonchev–Trinajstić information content (AvgIpc) is 3.69. The van der Waals surface area contributed by atoms with Gasteiger partial charge in [-0.1, -0.05) is 66.7 Å². The zero-order chi connectivity index (χ0) is 32.2. The Morgan fingerprint density at radius 3 is 2.13 bits per heavy atom. The molecule has 4 aromatic carbocycles. The molecule has 2 aliphatic heterocycles. The molecule has 3 unspecified atom stereocenters. The van der Waals surface area contributed by atoms with Crippen molar-refractivity contribution in [3.05, 3.63) is 124 Å². The Balaban J connectivity index is 1.37. The van der Waals surface area contributed by atoms with Crippen molar-refractivity contribution < 1.29 is 28.5 Å². The Morgan fingerprint density at radius 1 is 0.870 bits per heavy atom. The van der Waals surface area contributed by atoms with Crippen molar-refractivity contribution in [2.45, 2.75) is 38.8 Å². The van der Waals surface area contributed by atoms with Crippen LogP contribution in [0.2, 0.25) is 0 Å². The monoisotopic (exact) mass is 620 g/mol. The van der Waals surface area contributed by atoms with Crippen LogP contribution in [0.15, 0.2) is 91.0 Å². The molecule has 3 atom stereocenters. The van der Waals surface area contributed by atoms with Gasteiger partial charge in [0.15, 0.2) is 11.5 Å². The number of ether oxygens (including phenoxy) is 4. The fraction of sp³-hybridized carbons (Fsp3) is 0.316. The van der Waals surface area contributed by atoms with Crippen LogP contribution < -0.4 is 19.5 Å². The van der Waals surface area contributed by atoms with Gasteiger partial charge in [0.25, 0.3) is 0 Å². The van der Waals surface area contributed by atoms with Crippen molar-refractivity contribution in [2.24, 2.45) is 5.92 Å². The van der Waals surface area contributed by atoms with E-state index in [-0.39, 0.29) is 43.8 Å². The normalized spacial score (nSPS) is 18.8. The van der Waals surface area contributed by atoms with Crippen molar-refractivity contribution in [1.29, 1.82) is 0 Å². The number of hydrogen-bond acceptors (Lipinski definition) is 7. The molecule has 0 saturated carbocycles. The van der Waals surface area contributed by atoms with Crippen LogP contribution in [0.5, 0.6) is 17.2 Å². The highest BCUT2D eigenvalue weighted by Crippen LogP contribution is 2.48. The van der Waals surface area contributed by atoms with Crippen LogP contribution in [0.3, 0.4) is 0 Å². The number of hydrogen-bond donors (Lipinski definition) is 1. The lowest BCUT2D eigenvalue weighted by Gasteiger charge is -2.29. The largest absolute Gasteiger partial charge is 0.497 e. The van der Waals surface area contributed by atoms with E-state index in [1.165, 1.54) is 0 Å². The molecule has 238 valence electrons. The first kappa shape index (κ1) is 31.2. The Labute approximate surface area is 270 Å². The van der Waals surface area contributed by atoms with Crippen LogP contribution in [0.25, 0.3) is 0 Å². The second kappa shape index (κ2) is 13.7. The maximum Gasteiger partial charge on any atom is 0.311 e. The van der Waals surface area contributed by atoms with Gasteiger partial charge in [-0.2, -0.15) is 0 Å². The summed E-state index contributed by atoms with van der Waals surface area (Å²) in [6, 6.07) is 29.0. The van der Waals surface area contributed by atoms with Gasteiger partial charge >= 0.3 is 5.97 Å². The SMILES string of the molecule is CCOC(=O)C1C(c2ccc3c(c2)OCO3)CN(CC(=O)NC(c2ccccc2C)c2ccccc2C)C1c1ccc(OC)cc1. The van der Waals surface area contributed by atoms with Gasteiger partial charge in [-0.3, -0.25) is 14.5 Å². The molecule has 1 fully saturated rings. The highest BCUT2D eigenvalue weighted by Gasteiger charge is 2.48. The van der Waals surface area contributed by atoms with E-state index in [2.05, 4.69) is 48.3 Å². The number of nitrogens with one attached hydrogen (secondary N) is 1. The number of carbonyl (C=O) groups is 2. The van der Waals surface area contributed by atoms with Crippen LogP contribution >= 0.6 is 0 Å². The zero-order valence-corrected chi connectivity index (χ0v) is 26.7. The van der Waals surface area contributed by atoms with E-state index in [0.29, 0.717) is 23.8 Å². The molecular formula is C38H40N2O6. The molecule has 4 aromatic rings. The minimum Gasteiger partial charge on any atom is -0.497 e. The third-order valence-corrected chi connectivity index (χ3v) is 9.09. The fourth-order valence-electron chi connectivity index (χ4n) is 6.83. The van der Waals surface area contributed by atoms with E-state index in [4.69, 9.17) is 18.9 Å². The van der Waals surface area contributed by atoms with E-state index in [1.54, 1.807) is 7.11 Å². The van der Waals surface area contributed by atoms with Crippen LogP contribution in [0.4, 0.5) is 0 Å². The highest BCUT2D eigenvalue weighted by molar-refractivity contribution is 5.80. The Kier molecular flexibility index (Phi) is 9.26. The van der Waals surface area contributed by atoms with E-state index in [1.807, 2.05) is 73.7 Å². The molecule has 0 spiro atoms. The second-order valence-corrected chi connectivity index (χ2v) is 11.9. The third kappa shape index (κ3) is 6.30. The Morgan fingerprint density at radius 2 is 1.50 bits per heavy atom. The summed E-state index contributed by atoms with van der Waals surface area (Å²) >= 11 is 0. The maximum absolute atomic E-state index is 14.1. The number of carbonyl (C=O) groups excluding carboxylic acids is 2. The molecule has 8 heteroatoms. The molecule has 0 bridgehead atoms. The van der Waals surface area contributed by atoms with Crippen LogP contribution in [-0.2, 0) is 14.3 Å². The van der Waals surface area contributed by atoms with Gasteiger partial charge in [-0.15, -0.1) is 0 Å². The highest BCUT2D eigenvalue weighted by atomic mass is 16.7. The smallest absolute Gasteiger partial charge is 0.311 e. The predicted molar refractivity (Wildman–Crippen MR) is 175 cm³/mol. The first-order valence-corrected chi connectivity index (χ1v) is 15.7. The lowest BCUT2D eigenvalue weighted by molar-refractivity contribution is -0.149. The molecule has 2 heterocycles.